The zero-order valence-corrected chi connectivity index (χ0v) is 12.4. The summed E-state index contributed by atoms with van der Waals surface area (Å²) >= 11 is 5.97. The Kier molecular flexibility index (Phi) is 5.18. The average molecular weight is 272 g/mol. The number of halogens is 2. The minimum Gasteiger partial charge on any atom is -0.328 e. The highest BCUT2D eigenvalue weighted by atomic mass is 35.5. The van der Waals surface area contributed by atoms with Gasteiger partial charge in [-0.05, 0) is 48.8 Å². The summed E-state index contributed by atoms with van der Waals surface area (Å²) in [5, 5.41) is 0.221. The lowest BCUT2D eigenvalue weighted by Crippen LogP contribution is -2.15. The molecule has 0 aliphatic rings. The van der Waals surface area contributed by atoms with Gasteiger partial charge in [0.15, 0.2) is 0 Å². The first-order valence-corrected chi connectivity index (χ1v) is 6.83. The fourth-order valence-corrected chi connectivity index (χ4v) is 2.21. The molecular weight excluding hydrogens is 249 g/mol. The highest BCUT2D eigenvalue weighted by Crippen LogP contribution is 2.31. The highest BCUT2D eigenvalue weighted by Gasteiger charge is 2.21. The molecule has 1 aromatic rings. The maximum absolute atomic E-state index is 14.0. The van der Waals surface area contributed by atoms with Crippen LogP contribution in [-0.4, -0.2) is 6.04 Å². The number of nitrogens with two attached hydrogens (primary N) is 1. The molecule has 0 saturated carbocycles. The van der Waals surface area contributed by atoms with E-state index >= 15 is 0 Å². The van der Waals surface area contributed by atoms with Crippen molar-refractivity contribution in [3.05, 3.63) is 34.1 Å². The zero-order valence-electron chi connectivity index (χ0n) is 11.7. The van der Waals surface area contributed by atoms with E-state index in [9.17, 15) is 4.39 Å². The molecule has 1 atom stereocenters. The number of hydrogen-bond acceptors (Lipinski definition) is 1. The van der Waals surface area contributed by atoms with Crippen LogP contribution in [0.5, 0.6) is 0 Å². The van der Waals surface area contributed by atoms with Crippen LogP contribution in [0.2, 0.25) is 5.02 Å². The van der Waals surface area contributed by atoms with Gasteiger partial charge in [-0.2, -0.15) is 0 Å². The Balaban J connectivity index is 2.91. The van der Waals surface area contributed by atoms with Crippen LogP contribution in [0.4, 0.5) is 4.39 Å². The van der Waals surface area contributed by atoms with Gasteiger partial charge in [-0.3, -0.25) is 0 Å². The van der Waals surface area contributed by atoms with E-state index in [2.05, 4.69) is 0 Å². The second-order valence-corrected chi connectivity index (χ2v) is 6.47. The van der Waals surface area contributed by atoms with Crippen molar-refractivity contribution in [2.75, 3.05) is 0 Å². The largest absolute Gasteiger partial charge is 0.328 e. The molecule has 0 fully saturated rings. The van der Waals surface area contributed by atoms with E-state index in [1.54, 1.807) is 6.07 Å². The minimum atomic E-state index is -0.292. The normalized spacial score (nSPS) is 13.7. The van der Waals surface area contributed by atoms with E-state index < -0.39 is 0 Å². The van der Waals surface area contributed by atoms with Crippen molar-refractivity contribution < 1.29 is 4.39 Å². The van der Waals surface area contributed by atoms with Crippen molar-refractivity contribution in [3.63, 3.8) is 0 Å². The van der Waals surface area contributed by atoms with E-state index in [0.29, 0.717) is 5.56 Å². The summed E-state index contributed by atoms with van der Waals surface area (Å²) in [7, 11) is 0. The Morgan fingerprint density at radius 3 is 2.44 bits per heavy atom. The molecule has 2 N–H and O–H groups in total. The minimum absolute atomic E-state index is 0.211. The first-order chi connectivity index (χ1) is 8.21. The summed E-state index contributed by atoms with van der Waals surface area (Å²) in [5.41, 5.74) is 7.27. The van der Waals surface area contributed by atoms with Crippen LogP contribution in [0, 0.1) is 5.82 Å². The van der Waals surface area contributed by atoms with Gasteiger partial charge < -0.3 is 5.73 Å². The van der Waals surface area contributed by atoms with Crippen LogP contribution in [0.3, 0.4) is 0 Å². The Labute approximate surface area is 115 Å². The van der Waals surface area contributed by atoms with Gasteiger partial charge in [-0.1, -0.05) is 38.4 Å². The smallest absolute Gasteiger partial charge is 0.145 e. The molecule has 0 aromatic heterocycles. The fraction of sp³-hybridized carbons (Fsp3) is 0.600. The number of hydrogen-bond donors (Lipinski definition) is 1. The Morgan fingerprint density at radius 1 is 1.33 bits per heavy atom. The molecule has 0 spiro atoms. The van der Waals surface area contributed by atoms with Crippen molar-refractivity contribution >= 4 is 11.6 Å². The second kappa shape index (κ2) is 6.03. The summed E-state index contributed by atoms with van der Waals surface area (Å²) in [6, 6.07) is 3.87. The monoisotopic (exact) mass is 271 g/mol. The van der Waals surface area contributed by atoms with Gasteiger partial charge in [0.05, 0.1) is 5.02 Å². The summed E-state index contributed by atoms with van der Waals surface area (Å²) in [6.07, 6.45) is 2.87. The summed E-state index contributed by atoms with van der Waals surface area (Å²) in [4.78, 5) is 0. The highest BCUT2D eigenvalue weighted by molar-refractivity contribution is 6.30. The van der Waals surface area contributed by atoms with Crippen molar-refractivity contribution in [1.29, 1.82) is 0 Å². The molecule has 0 bridgehead atoms. The van der Waals surface area contributed by atoms with Gasteiger partial charge in [0.25, 0.3) is 0 Å². The molecule has 0 aliphatic carbocycles. The second-order valence-electron chi connectivity index (χ2n) is 6.06. The van der Waals surface area contributed by atoms with E-state index in [4.69, 9.17) is 17.3 Å². The molecule has 0 heterocycles. The van der Waals surface area contributed by atoms with Crippen LogP contribution in [-0.2, 0) is 11.8 Å². The molecule has 3 heteroatoms. The van der Waals surface area contributed by atoms with E-state index in [1.807, 2.05) is 33.8 Å². The lowest BCUT2D eigenvalue weighted by molar-refractivity contribution is 0.521. The molecule has 0 amide bonds. The van der Waals surface area contributed by atoms with Gasteiger partial charge in [-0.25, -0.2) is 4.39 Å². The van der Waals surface area contributed by atoms with Crippen molar-refractivity contribution in [3.8, 4) is 0 Å². The molecule has 1 rings (SSSR count). The summed E-state index contributed by atoms with van der Waals surface area (Å²) in [5.74, 6) is -0.292. The standard InChI is InChI=1S/C15H23ClFN/c1-10(18)6-5-7-11-8-12(15(2,3)4)14(17)13(16)9-11/h8-10H,5-7,18H2,1-4H3/t10-/m1/s1. The first kappa shape index (κ1) is 15.5. The van der Waals surface area contributed by atoms with E-state index in [-0.39, 0.29) is 22.3 Å². The van der Waals surface area contributed by atoms with Crippen LogP contribution in [0.15, 0.2) is 12.1 Å². The summed E-state index contributed by atoms with van der Waals surface area (Å²) < 4.78 is 14.0. The third kappa shape index (κ3) is 4.25. The first-order valence-electron chi connectivity index (χ1n) is 6.46. The van der Waals surface area contributed by atoms with Gasteiger partial charge in [0.1, 0.15) is 5.82 Å². The Morgan fingerprint density at radius 2 is 1.94 bits per heavy atom. The molecule has 18 heavy (non-hydrogen) atoms. The molecular formula is C15H23ClFN. The number of rotatable bonds is 4. The SMILES string of the molecule is C[C@@H](N)CCCc1cc(Cl)c(F)c(C(C)(C)C)c1. The van der Waals surface area contributed by atoms with Gasteiger partial charge in [0, 0.05) is 6.04 Å². The third-order valence-corrected chi connectivity index (χ3v) is 3.30. The predicted octanol–water partition coefficient (Wildman–Crippen LogP) is 4.45. The fourth-order valence-electron chi connectivity index (χ4n) is 1.96. The van der Waals surface area contributed by atoms with Crippen LogP contribution in [0.25, 0.3) is 0 Å². The van der Waals surface area contributed by atoms with Crippen molar-refractivity contribution in [2.24, 2.45) is 5.73 Å². The Hall–Kier alpha value is -0.600. The summed E-state index contributed by atoms with van der Waals surface area (Å²) in [6.45, 7) is 7.98. The molecule has 0 radical (unpaired) electrons. The Bertz CT molecular complexity index is 408. The topological polar surface area (TPSA) is 26.0 Å². The van der Waals surface area contributed by atoms with Crippen LogP contribution < -0.4 is 5.73 Å². The molecule has 0 unspecified atom stereocenters. The quantitative estimate of drug-likeness (QED) is 0.860. The van der Waals surface area contributed by atoms with Crippen molar-refractivity contribution in [2.45, 2.75) is 58.4 Å². The molecule has 1 nitrogen and oxygen atoms in total. The zero-order chi connectivity index (χ0) is 13.9. The number of aryl methyl sites for hydroxylation is 1. The molecule has 0 saturated heterocycles. The molecule has 102 valence electrons. The third-order valence-electron chi connectivity index (χ3n) is 3.02. The van der Waals surface area contributed by atoms with Crippen molar-refractivity contribution in [1.82, 2.24) is 0 Å². The van der Waals surface area contributed by atoms with Crippen LogP contribution in [0.1, 0.15) is 51.7 Å². The maximum Gasteiger partial charge on any atom is 0.145 e. The maximum atomic E-state index is 14.0. The van der Waals surface area contributed by atoms with Gasteiger partial charge >= 0.3 is 0 Å². The van der Waals surface area contributed by atoms with Crippen LogP contribution >= 0.6 is 11.6 Å². The predicted molar refractivity (Wildman–Crippen MR) is 76.7 cm³/mol. The average Bonchev–Trinajstić information content (AvgIpc) is 2.20. The van der Waals surface area contributed by atoms with Gasteiger partial charge in [0.2, 0.25) is 0 Å². The molecule has 1 aromatic carbocycles. The number of benzene rings is 1. The van der Waals surface area contributed by atoms with Gasteiger partial charge in [-0.15, -0.1) is 0 Å². The van der Waals surface area contributed by atoms with E-state index in [1.165, 1.54) is 0 Å². The lowest BCUT2D eigenvalue weighted by Gasteiger charge is -2.21. The van der Waals surface area contributed by atoms with E-state index in [0.717, 1.165) is 24.8 Å². The molecule has 0 aliphatic heterocycles. The lowest BCUT2D eigenvalue weighted by atomic mass is 9.85.